The summed E-state index contributed by atoms with van der Waals surface area (Å²) in [5, 5.41) is 11.8. The van der Waals surface area contributed by atoms with Crippen LogP contribution in [0.25, 0.3) is 0 Å². The second-order valence-corrected chi connectivity index (χ2v) is 5.55. The van der Waals surface area contributed by atoms with Gasteiger partial charge in [0, 0.05) is 5.92 Å². The first-order valence-corrected chi connectivity index (χ1v) is 6.69. The highest BCUT2D eigenvalue weighted by Crippen LogP contribution is 2.38. The van der Waals surface area contributed by atoms with Gasteiger partial charge >= 0.3 is 5.97 Å². The zero-order valence-electron chi connectivity index (χ0n) is 10.2. The molecule has 1 atom stereocenters. The minimum Gasteiger partial charge on any atom is -0.478 e. The van der Waals surface area contributed by atoms with Crippen LogP contribution in [0, 0.1) is 11.8 Å². The van der Waals surface area contributed by atoms with Gasteiger partial charge in [-0.1, -0.05) is 30.1 Å². The van der Waals surface area contributed by atoms with Crippen LogP contribution in [-0.4, -0.2) is 17.0 Å². The Morgan fingerprint density at radius 1 is 1.32 bits per heavy atom. The molecule has 0 aliphatic heterocycles. The summed E-state index contributed by atoms with van der Waals surface area (Å²) in [4.78, 5) is 22.8. The van der Waals surface area contributed by atoms with Crippen LogP contribution in [-0.2, 0) is 4.79 Å². The molecule has 0 spiro atoms. The Hall–Kier alpha value is -1.26. The number of rotatable bonds is 4. The molecule has 6 heteroatoms. The Labute approximate surface area is 120 Å². The van der Waals surface area contributed by atoms with Gasteiger partial charge in [-0.05, 0) is 30.9 Å². The molecule has 102 valence electrons. The topological polar surface area (TPSA) is 66.4 Å². The fraction of sp³-hybridized carbons (Fsp3) is 0.385. The van der Waals surface area contributed by atoms with Gasteiger partial charge in [0.1, 0.15) is 0 Å². The van der Waals surface area contributed by atoms with E-state index >= 15 is 0 Å². The summed E-state index contributed by atoms with van der Waals surface area (Å²) in [6.07, 6.45) is 2.13. The third kappa shape index (κ3) is 3.19. The third-order valence-electron chi connectivity index (χ3n) is 3.28. The van der Waals surface area contributed by atoms with Crippen LogP contribution in [0.15, 0.2) is 12.1 Å². The lowest BCUT2D eigenvalue weighted by molar-refractivity contribution is -0.119. The smallest absolute Gasteiger partial charge is 0.335 e. The highest BCUT2D eigenvalue weighted by atomic mass is 35.5. The Bertz CT molecular complexity index is 518. The van der Waals surface area contributed by atoms with Crippen LogP contribution in [0.4, 0.5) is 5.69 Å². The molecule has 2 N–H and O–H groups in total. The number of anilines is 1. The van der Waals surface area contributed by atoms with Gasteiger partial charge < -0.3 is 10.4 Å². The molecule has 1 unspecified atom stereocenters. The first-order chi connectivity index (χ1) is 8.90. The summed E-state index contributed by atoms with van der Waals surface area (Å²) in [7, 11) is 0. The van der Waals surface area contributed by atoms with E-state index in [0.29, 0.717) is 5.92 Å². The normalized spacial score (nSPS) is 15.9. The molecule has 1 aromatic rings. The molecule has 1 aliphatic carbocycles. The van der Waals surface area contributed by atoms with Gasteiger partial charge in [-0.3, -0.25) is 4.79 Å². The molecule has 1 aromatic carbocycles. The van der Waals surface area contributed by atoms with Crippen molar-refractivity contribution in [2.45, 2.75) is 19.8 Å². The maximum Gasteiger partial charge on any atom is 0.335 e. The molecule has 0 heterocycles. The summed E-state index contributed by atoms with van der Waals surface area (Å²) in [5.41, 5.74) is 0.258. The molecular formula is C13H13Cl2NO3. The lowest BCUT2D eigenvalue weighted by Crippen LogP contribution is -2.22. The Kier molecular flexibility index (Phi) is 4.02. The molecule has 19 heavy (non-hydrogen) atoms. The molecule has 1 aliphatic rings. The second-order valence-electron chi connectivity index (χ2n) is 4.74. The third-order valence-corrected chi connectivity index (χ3v) is 3.88. The number of hydrogen-bond donors (Lipinski definition) is 2. The molecule has 0 aromatic heterocycles. The van der Waals surface area contributed by atoms with Crippen molar-refractivity contribution < 1.29 is 14.7 Å². The minimum absolute atomic E-state index is 0.0109. The Balaban J connectivity index is 2.20. The predicted molar refractivity (Wildman–Crippen MR) is 73.9 cm³/mol. The maximum atomic E-state index is 12.0. The second kappa shape index (κ2) is 5.39. The summed E-state index contributed by atoms with van der Waals surface area (Å²) < 4.78 is 0. The average Bonchev–Trinajstić information content (AvgIpc) is 3.16. The van der Waals surface area contributed by atoms with Crippen molar-refractivity contribution in [3.63, 3.8) is 0 Å². The zero-order chi connectivity index (χ0) is 14.2. The monoisotopic (exact) mass is 301 g/mol. The van der Waals surface area contributed by atoms with E-state index in [2.05, 4.69) is 5.32 Å². The molecule has 1 saturated carbocycles. The van der Waals surface area contributed by atoms with Gasteiger partial charge in [-0.15, -0.1) is 0 Å². The largest absolute Gasteiger partial charge is 0.478 e. The minimum atomic E-state index is -1.12. The predicted octanol–water partition coefficient (Wildman–Crippen LogP) is 3.68. The van der Waals surface area contributed by atoms with Gasteiger partial charge in [0.2, 0.25) is 5.91 Å². The fourth-order valence-electron chi connectivity index (χ4n) is 1.86. The quantitative estimate of drug-likeness (QED) is 0.891. The van der Waals surface area contributed by atoms with E-state index in [4.69, 9.17) is 28.3 Å². The summed E-state index contributed by atoms with van der Waals surface area (Å²) in [5.74, 6) is -0.926. The first-order valence-electron chi connectivity index (χ1n) is 5.93. The van der Waals surface area contributed by atoms with Crippen molar-refractivity contribution in [2.75, 3.05) is 5.32 Å². The maximum absolute atomic E-state index is 12.0. The molecule has 0 saturated heterocycles. The fourth-order valence-corrected chi connectivity index (χ4v) is 2.44. The number of carboxylic acids is 1. The molecule has 0 bridgehead atoms. The van der Waals surface area contributed by atoms with Crippen LogP contribution in [0.3, 0.4) is 0 Å². The van der Waals surface area contributed by atoms with Crippen molar-refractivity contribution in [2.24, 2.45) is 11.8 Å². The van der Waals surface area contributed by atoms with E-state index < -0.39 is 5.97 Å². The molecule has 1 amide bonds. The zero-order valence-corrected chi connectivity index (χ0v) is 11.8. The SMILES string of the molecule is CC(C(=O)Nc1c(Cl)cc(C(=O)O)cc1Cl)C1CC1. The number of hydrogen-bond acceptors (Lipinski definition) is 2. The van der Waals surface area contributed by atoms with Crippen LogP contribution in [0.2, 0.25) is 10.0 Å². The van der Waals surface area contributed by atoms with Crippen LogP contribution in [0.5, 0.6) is 0 Å². The van der Waals surface area contributed by atoms with Crippen LogP contribution < -0.4 is 5.32 Å². The van der Waals surface area contributed by atoms with Crippen molar-refractivity contribution in [1.82, 2.24) is 0 Å². The van der Waals surface area contributed by atoms with Crippen LogP contribution >= 0.6 is 23.2 Å². The first kappa shape index (κ1) is 14.2. The summed E-state index contributed by atoms with van der Waals surface area (Å²) in [6, 6.07) is 2.54. The number of amides is 1. The number of nitrogens with one attached hydrogen (secondary N) is 1. The Morgan fingerprint density at radius 2 is 1.84 bits per heavy atom. The lowest BCUT2D eigenvalue weighted by atomic mass is 10.1. The number of carbonyl (C=O) groups excluding carboxylic acids is 1. The number of benzene rings is 1. The molecule has 4 nitrogen and oxygen atoms in total. The summed E-state index contributed by atoms with van der Waals surface area (Å²) in [6.45, 7) is 1.86. The van der Waals surface area contributed by atoms with E-state index in [1.54, 1.807) is 0 Å². The standard InChI is InChI=1S/C13H13Cl2NO3/c1-6(7-2-3-7)12(17)16-11-9(14)4-8(13(18)19)5-10(11)15/h4-7H,2-3H2,1H3,(H,16,17)(H,18,19). The van der Waals surface area contributed by atoms with E-state index in [-0.39, 0.29) is 33.1 Å². The van der Waals surface area contributed by atoms with Crippen molar-refractivity contribution >= 4 is 40.8 Å². The van der Waals surface area contributed by atoms with Gasteiger partial charge in [-0.2, -0.15) is 0 Å². The van der Waals surface area contributed by atoms with Crippen LogP contribution in [0.1, 0.15) is 30.1 Å². The number of carboxylic acid groups (broad SMARTS) is 1. The van der Waals surface area contributed by atoms with Gasteiger partial charge in [0.15, 0.2) is 0 Å². The van der Waals surface area contributed by atoms with Gasteiger partial charge in [0.25, 0.3) is 0 Å². The van der Waals surface area contributed by atoms with E-state index in [1.807, 2.05) is 6.92 Å². The van der Waals surface area contributed by atoms with E-state index in [0.717, 1.165) is 12.8 Å². The number of carbonyl (C=O) groups is 2. The lowest BCUT2D eigenvalue weighted by Gasteiger charge is -2.14. The number of halogens is 2. The highest BCUT2D eigenvalue weighted by Gasteiger charge is 2.33. The summed E-state index contributed by atoms with van der Waals surface area (Å²) >= 11 is 11.9. The van der Waals surface area contributed by atoms with Crippen molar-refractivity contribution in [3.8, 4) is 0 Å². The van der Waals surface area contributed by atoms with Gasteiger partial charge in [0.05, 0.1) is 21.3 Å². The average molecular weight is 302 g/mol. The molecule has 2 rings (SSSR count). The number of aromatic carboxylic acids is 1. The van der Waals surface area contributed by atoms with E-state index in [1.165, 1.54) is 12.1 Å². The van der Waals surface area contributed by atoms with Gasteiger partial charge in [-0.25, -0.2) is 4.79 Å². The Morgan fingerprint density at radius 3 is 2.26 bits per heavy atom. The highest BCUT2D eigenvalue weighted by molar-refractivity contribution is 6.40. The molecule has 0 radical (unpaired) electrons. The molecule has 1 fully saturated rings. The molecular weight excluding hydrogens is 289 g/mol. The van der Waals surface area contributed by atoms with Crippen molar-refractivity contribution in [1.29, 1.82) is 0 Å². The van der Waals surface area contributed by atoms with E-state index in [9.17, 15) is 9.59 Å². The van der Waals surface area contributed by atoms with Crippen molar-refractivity contribution in [3.05, 3.63) is 27.7 Å².